The van der Waals surface area contributed by atoms with E-state index in [1.807, 2.05) is 0 Å². The summed E-state index contributed by atoms with van der Waals surface area (Å²) in [4.78, 5) is 71.4. The Hall–Kier alpha value is 4.22. The van der Waals surface area contributed by atoms with Crippen LogP contribution in [0.3, 0.4) is 0 Å². The molecule has 0 fully saturated rings. The Morgan fingerprint density at radius 3 is 0.696 bits per heavy atom. The predicted octanol–water partition coefficient (Wildman–Crippen LogP) is -8.21. The fourth-order valence-electron chi connectivity index (χ4n) is 0.253. The van der Waals surface area contributed by atoms with Crippen LogP contribution in [0.25, 0.3) is 0 Å². The standard InChI is InChI=1S/3Ca.2H4O7P2.2H2O/c;;;2*1-8(2,3)7-9(4,5)6;;/h;;;2*(H2,1,2,3)(H2,4,5,6);2*1H2/q3*+2;;;;/p-6. The second-order valence-electron chi connectivity index (χ2n) is 1.99. The molecule has 6 N–H and O–H groups in total. The molecule has 0 aliphatic heterocycles. The normalized spacial score (nSPS) is 15.0. The minimum absolute atomic E-state index is 0. The molecular weight excluding hydrogens is 500 g/mol. The van der Waals surface area contributed by atoms with Crippen LogP contribution in [-0.2, 0) is 26.9 Å². The van der Waals surface area contributed by atoms with Crippen molar-refractivity contribution < 1.29 is 77.0 Å². The van der Waals surface area contributed by atoms with Crippen LogP contribution in [0, 0.1) is 0 Å². The zero-order chi connectivity index (χ0) is 15.4. The molecule has 0 aliphatic rings. The van der Waals surface area contributed by atoms with E-state index >= 15 is 0 Å². The van der Waals surface area contributed by atoms with Crippen LogP contribution >= 0.6 is 31.3 Å². The van der Waals surface area contributed by atoms with Crippen molar-refractivity contribution in [2.45, 2.75) is 0 Å². The van der Waals surface area contributed by atoms with Gasteiger partial charge in [0, 0.05) is 0 Å². The molecule has 0 amide bonds. The van der Waals surface area contributed by atoms with Gasteiger partial charge in [0.2, 0.25) is 0 Å². The average Bonchev–Trinajstić information content (AvgIpc) is 1.64. The van der Waals surface area contributed by atoms with Gasteiger partial charge in [0.25, 0.3) is 15.6 Å². The number of rotatable bonds is 4. The maximum Gasteiger partial charge on any atom is 2.00 e. The van der Waals surface area contributed by atoms with Gasteiger partial charge in [-0.05, 0) is 0 Å². The van der Waals surface area contributed by atoms with Crippen molar-refractivity contribution in [3.63, 3.8) is 0 Å². The molecule has 0 radical (unpaired) electrons. The summed E-state index contributed by atoms with van der Waals surface area (Å²) in [5, 5.41) is 0. The van der Waals surface area contributed by atoms with Gasteiger partial charge in [-0.25, -0.2) is 0 Å². The van der Waals surface area contributed by atoms with E-state index in [1.54, 1.807) is 0 Å². The molecule has 0 heterocycles. The predicted molar refractivity (Wildman–Crippen MR) is 61.5 cm³/mol. The van der Waals surface area contributed by atoms with Gasteiger partial charge in [-0.1, -0.05) is 0 Å². The number of hydrogen-bond acceptors (Lipinski definition) is 12. The van der Waals surface area contributed by atoms with Crippen molar-refractivity contribution in [3.8, 4) is 0 Å². The first-order valence-electron chi connectivity index (χ1n) is 2.96. The molecule has 0 spiro atoms. The summed E-state index contributed by atoms with van der Waals surface area (Å²) in [7, 11) is -22.1. The van der Waals surface area contributed by atoms with Gasteiger partial charge in [0.15, 0.2) is 0 Å². The first-order valence-corrected chi connectivity index (χ1v) is 8.87. The Balaban J connectivity index is -0.0000000366. The Kier molecular flexibility index (Phi) is 36.3. The summed E-state index contributed by atoms with van der Waals surface area (Å²) in [6, 6.07) is 0. The first kappa shape index (κ1) is 45.8. The SMILES string of the molecule is O.O.O=P([O-])([O-])OP(=O)([O-])O.O=P([O-])([O-])OP(=O)([O-])O.[Ca+2].[Ca+2].[Ca+2]. The van der Waals surface area contributed by atoms with Gasteiger partial charge >= 0.3 is 113 Å². The summed E-state index contributed by atoms with van der Waals surface area (Å²) in [5.41, 5.74) is 0. The summed E-state index contributed by atoms with van der Waals surface area (Å²) in [6.45, 7) is 0. The zero-order valence-electron chi connectivity index (χ0n) is 10.7. The maximum atomic E-state index is 9.44. The van der Waals surface area contributed by atoms with E-state index < -0.39 is 31.3 Å². The fourth-order valence-corrected chi connectivity index (χ4v) is 2.27. The molecule has 16 nitrogen and oxygen atoms in total. The van der Waals surface area contributed by atoms with Gasteiger partial charge in [-0.15, -0.1) is 0 Å². The van der Waals surface area contributed by atoms with Crippen LogP contribution in [0.1, 0.15) is 0 Å². The van der Waals surface area contributed by atoms with Crippen molar-refractivity contribution in [1.29, 1.82) is 0 Å². The molecule has 0 aromatic heterocycles. The van der Waals surface area contributed by atoms with E-state index in [-0.39, 0.29) is 124 Å². The van der Waals surface area contributed by atoms with Gasteiger partial charge in [-0.3, -0.25) is 17.8 Å². The van der Waals surface area contributed by atoms with Crippen LogP contribution in [0.4, 0.5) is 0 Å². The summed E-state index contributed by atoms with van der Waals surface area (Å²) in [5.74, 6) is 0. The maximum absolute atomic E-state index is 9.44. The minimum atomic E-state index is -5.61. The van der Waals surface area contributed by atoms with Crippen molar-refractivity contribution in [1.82, 2.24) is 0 Å². The van der Waals surface area contributed by atoms with E-state index in [9.17, 15) is 47.6 Å². The van der Waals surface area contributed by atoms with Crippen molar-refractivity contribution >= 4 is 145 Å². The molecule has 0 saturated carbocycles. The van der Waals surface area contributed by atoms with E-state index in [2.05, 4.69) is 8.62 Å². The van der Waals surface area contributed by atoms with E-state index in [4.69, 9.17) is 9.79 Å². The van der Waals surface area contributed by atoms with Crippen LogP contribution in [-0.4, -0.2) is 134 Å². The van der Waals surface area contributed by atoms with Crippen LogP contribution < -0.4 is 29.4 Å². The molecule has 0 aliphatic carbocycles. The molecule has 23 heteroatoms. The van der Waals surface area contributed by atoms with Gasteiger partial charge in [0.1, 0.15) is 0 Å². The van der Waals surface area contributed by atoms with Gasteiger partial charge in [0.05, 0.1) is 15.6 Å². The zero-order valence-corrected chi connectivity index (χ0v) is 20.9. The van der Waals surface area contributed by atoms with Crippen molar-refractivity contribution in [2.24, 2.45) is 0 Å². The van der Waals surface area contributed by atoms with E-state index in [0.29, 0.717) is 0 Å². The molecule has 0 aromatic rings. The molecule has 128 valence electrons. The van der Waals surface area contributed by atoms with E-state index in [1.165, 1.54) is 0 Å². The molecule has 0 aromatic carbocycles. The summed E-state index contributed by atoms with van der Waals surface area (Å²) in [6.07, 6.45) is 0. The fraction of sp³-hybridized carbons (Fsp3) is 0. The molecular formula is H6Ca3O16P4. The Bertz CT molecular complexity index is 350. The van der Waals surface area contributed by atoms with Crippen molar-refractivity contribution in [2.75, 3.05) is 0 Å². The Morgan fingerprint density at radius 2 is 0.696 bits per heavy atom. The molecule has 2 atom stereocenters. The Morgan fingerprint density at radius 1 is 0.565 bits per heavy atom. The van der Waals surface area contributed by atoms with Crippen LogP contribution in [0.5, 0.6) is 0 Å². The topological polar surface area (TPSA) is 329 Å². The Labute approximate surface area is 217 Å². The number of hydrogen-bond donors (Lipinski definition) is 2. The molecule has 0 rings (SSSR count). The summed E-state index contributed by atoms with van der Waals surface area (Å²) < 4.78 is 42.9. The minimum Gasteiger partial charge on any atom is -0.790 e. The molecule has 0 saturated heterocycles. The van der Waals surface area contributed by atoms with E-state index in [0.717, 1.165) is 0 Å². The average molecular weight is 506 g/mol. The van der Waals surface area contributed by atoms with Gasteiger partial charge in [-0.2, -0.15) is 0 Å². The third kappa shape index (κ3) is 58.5. The third-order valence-corrected chi connectivity index (χ3v) is 3.66. The van der Waals surface area contributed by atoms with Gasteiger partial charge < -0.3 is 59.2 Å². The number of phosphoric acid groups is 4. The monoisotopic (exact) mass is 506 g/mol. The van der Waals surface area contributed by atoms with Crippen molar-refractivity contribution in [3.05, 3.63) is 0 Å². The van der Waals surface area contributed by atoms with Crippen LogP contribution in [0.15, 0.2) is 0 Å². The second kappa shape index (κ2) is 18.3. The second-order valence-corrected chi connectivity index (χ2v) is 6.96. The van der Waals surface area contributed by atoms with Crippen LogP contribution in [0.2, 0.25) is 0 Å². The first-order chi connectivity index (χ1) is 7.41. The smallest absolute Gasteiger partial charge is 0.790 e. The molecule has 23 heavy (non-hydrogen) atoms. The molecule has 2 unspecified atom stereocenters. The largest absolute Gasteiger partial charge is 2.00 e. The molecule has 0 bridgehead atoms. The third-order valence-electron chi connectivity index (χ3n) is 0.406. The quantitative estimate of drug-likeness (QED) is 0.264. The summed E-state index contributed by atoms with van der Waals surface area (Å²) >= 11 is 0.